The molecule has 0 saturated carbocycles. The van der Waals surface area contributed by atoms with Crippen molar-refractivity contribution in [3.05, 3.63) is 80.2 Å². The van der Waals surface area contributed by atoms with Crippen LogP contribution in [-0.4, -0.2) is 61.0 Å². The van der Waals surface area contributed by atoms with Gasteiger partial charge in [-0.3, -0.25) is 14.5 Å². The van der Waals surface area contributed by atoms with Crippen LogP contribution in [0, 0.1) is 6.92 Å². The molecule has 0 unspecified atom stereocenters. The molecule has 0 spiro atoms. The molecule has 0 saturated heterocycles. The predicted molar refractivity (Wildman–Crippen MR) is 162 cm³/mol. The molecule has 5 heterocycles. The Morgan fingerprint density at radius 1 is 1.30 bits per heavy atom. The number of rotatable bonds is 8. The van der Waals surface area contributed by atoms with Crippen molar-refractivity contribution in [2.45, 2.75) is 58.2 Å². The maximum atomic E-state index is 14.7. The van der Waals surface area contributed by atoms with E-state index in [0.717, 1.165) is 39.3 Å². The zero-order valence-electron chi connectivity index (χ0n) is 24.8. The van der Waals surface area contributed by atoms with Gasteiger partial charge in [0, 0.05) is 56.5 Å². The van der Waals surface area contributed by atoms with Crippen LogP contribution < -0.4 is 10.3 Å². The van der Waals surface area contributed by atoms with Crippen LogP contribution in [0.3, 0.4) is 0 Å². The molecule has 13 heteroatoms. The van der Waals surface area contributed by atoms with Gasteiger partial charge in [0.05, 0.1) is 18.7 Å². The predicted octanol–water partition coefficient (Wildman–Crippen LogP) is 5.08. The van der Waals surface area contributed by atoms with E-state index in [4.69, 9.17) is 9.47 Å². The number of ether oxygens (including phenoxy) is 2. The topological polar surface area (TPSA) is 115 Å². The minimum Gasteiger partial charge on any atom is -0.481 e. The van der Waals surface area contributed by atoms with E-state index in [2.05, 4.69) is 26.3 Å². The molecule has 1 aromatic carbocycles. The van der Waals surface area contributed by atoms with E-state index in [1.807, 2.05) is 29.3 Å². The fourth-order valence-electron chi connectivity index (χ4n) is 5.82. The average molecular weight is 623 g/mol. The quantitative estimate of drug-likeness (QED) is 0.239. The average Bonchev–Trinajstić information content (AvgIpc) is 3.55. The van der Waals surface area contributed by atoms with Gasteiger partial charge in [0.25, 0.3) is 5.92 Å². The first-order valence-electron chi connectivity index (χ1n) is 14.3. The first kappa shape index (κ1) is 29.8. The second kappa shape index (κ2) is 11.7. The Kier molecular flexibility index (Phi) is 7.93. The molecule has 44 heavy (non-hydrogen) atoms. The third-order valence-corrected chi connectivity index (χ3v) is 9.01. The van der Waals surface area contributed by atoms with Gasteiger partial charge in [0.1, 0.15) is 11.3 Å². The van der Waals surface area contributed by atoms with Crippen LogP contribution in [0.5, 0.6) is 5.75 Å². The highest BCUT2D eigenvalue weighted by Crippen LogP contribution is 2.38. The van der Waals surface area contributed by atoms with Crippen LogP contribution in [0.25, 0.3) is 21.3 Å². The molecular weight excluding hydrogens is 590 g/mol. The van der Waals surface area contributed by atoms with Crippen molar-refractivity contribution in [1.29, 1.82) is 0 Å². The van der Waals surface area contributed by atoms with Gasteiger partial charge in [0.15, 0.2) is 11.8 Å². The lowest BCUT2D eigenvalue weighted by Gasteiger charge is -2.28. The molecule has 0 amide bonds. The summed E-state index contributed by atoms with van der Waals surface area (Å²) in [5.74, 6) is -3.63. The second-order valence-corrected chi connectivity index (χ2v) is 12.1. The van der Waals surface area contributed by atoms with E-state index in [1.54, 1.807) is 36.2 Å². The number of aromatic nitrogens is 5. The Balaban J connectivity index is 1.43. The minimum atomic E-state index is -3.12. The van der Waals surface area contributed by atoms with Crippen molar-refractivity contribution in [1.82, 2.24) is 29.9 Å². The van der Waals surface area contributed by atoms with Crippen LogP contribution in [0.4, 0.5) is 8.78 Å². The van der Waals surface area contributed by atoms with Gasteiger partial charge in [-0.2, -0.15) is 0 Å². The van der Waals surface area contributed by atoms with Crippen molar-refractivity contribution < 1.29 is 23.0 Å². The number of alkyl halides is 2. The molecule has 0 bridgehead atoms. The number of aryl methyl sites for hydroxylation is 2. The summed E-state index contributed by atoms with van der Waals surface area (Å²) < 4.78 is 43.1. The number of hydrogen-bond donors (Lipinski definition) is 1. The maximum Gasteiger partial charge on any atom is 0.306 e. The van der Waals surface area contributed by atoms with Gasteiger partial charge in [-0.05, 0) is 65.1 Å². The van der Waals surface area contributed by atoms with Crippen LogP contribution in [0.1, 0.15) is 54.1 Å². The number of pyridine rings is 2. The summed E-state index contributed by atoms with van der Waals surface area (Å²) in [7, 11) is 1.77. The van der Waals surface area contributed by atoms with E-state index < -0.39 is 17.9 Å². The van der Waals surface area contributed by atoms with Gasteiger partial charge in [-0.1, -0.05) is 11.3 Å². The van der Waals surface area contributed by atoms with Crippen molar-refractivity contribution >= 4 is 38.6 Å². The number of nitrogens with zero attached hydrogens (tertiary/aromatic N) is 5. The summed E-state index contributed by atoms with van der Waals surface area (Å²) in [6.45, 7) is 5.27. The Bertz CT molecular complexity index is 1910. The van der Waals surface area contributed by atoms with Crippen LogP contribution in [0.15, 0.2) is 46.7 Å². The molecule has 2 atom stereocenters. The van der Waals surface area contributed by atoms with Crippen LogP contribution in [0.2, 0.25) is 0 Å². The van der Waals surface area contributed by atoms with Crippen molar-refractivity contribution in [2.24, 2.45) is 7.05 Å². The lowest BCUT2D eigenvalue weighted by Crippen LogP contribution is -2.43. The minimum absolute atomic E-state index is 0.0596. The van der Waals surface area contributed by atoms with Gasteiger partial charge >= 0.3 is 5.97 Å². The molecule has 230 valence electrons. The number of carbonyl (C=O) groups excluding carboxylic acids is 1. The molecule has 1 N–H and O–H groups in total. The Morgan fingerprint density at radius 3 is 2.89 bits per heavy atom. The summed E-state index contributed by atoms with van der Waals surface area (Å²) in [6, 6.07) is 8.81. The molecule has 4 aromatic heterocycles. The number of aromatic amines is 1. The van der Waals surface area contributed by atoms with E-state index in [0.29, 0.717) is 23.4 Å². The SMILES string of the molecule is CCOC(=O)C[C@H](c1cc(CN2Cc3[nH]c(=O)ccc3O[C@H](C(C)(F)F)C2)c2sccc2c1)c1cnc2c(nnn2C)c1C. The largest absolute Gasteiger partial charge is 0.481 e. The Morgan fingerprint density at radius 2 is 2.11 bits per heavy atom. The fourth-order valence-corrected chi connectivity index (χ4v) is 6.71. The number of hydrogen-bond acceptors (Lipinski definition) is 9. The van der Waals surface area contributed by atoms with Crippen molar-refractivity contribution in [3.63, 3.8) is 0 Å². The summed E-state index contributed by atoms with van der Waals surface area (Å²) in [5, 5.41) is 11.4. The van der Waals surface area contributed by atoms with E-state index in [9.17, 15) is 18.4 Å². The maximum absolute atomic E-state index is 14.7. The number of fused-ring (bicyclic) bond motifs is 3. The smallest absolute Gasteiger partial charge is 0.306 e. The third-order valence-electron chi connectivity index (χ3n) is 8.01. The number of esters is 1. The van der Waals surface area contributed by atoms with Crippen molar-refractivity contribution in [3.8, 4) is 5.75 Å². The highest BCUT2D eigenvalue weighted by molar-refractivity contribution is 7.17. The lowest BCUT2D eigenvalue weighted by molar-refractivity contribution is -0.143. The summed E-state index contributed by atoms with van der Waals surface area (Å²) in [4.78, 5) is 34.2. The highest BCUT2D eigenvalue weighted by Gasteiger charge is 2.40. The first-order chi connectivity index (χ1) is 21.0. The second-order valence-electron chi connectivity index (χ2n) is 11.2. The number of H-pyrrole nitrogens is 1. The van der Waals surface area contributed by atoms with E-state index in [-0.39, 0.29) is 43.4 Å². The summed E-state index contributed by atoms with van der Waals surface area (Å²) in [5.41, 5.74) is 4.87. The lowest BCUT2D eigenvalue weighted by atomic mass is 9.85. The monoisotopic (exact) mass is 622 g/mol. The van der Waals surface area contributed by atoms with Crippen molar-refractivity contribution in [2.75, 3.05) is 13.2 Å². The third kappa shape index (κ3) is 5.81. The molecule has 6 rings (SSSR count). The molecule has 0 fully saturated rings. The zero-order chi connectivity index (χ0) is 31.2. The number of halogens is 2. The summed E-state index contributed by atoms with van der Waals surface area (Å²) in [6.07, 6.45) is 0.421. The highest BCUT2D eigenvalue weighted by atomic mass is 32.1. The summed E-state index contributed by atoms with van der Waals surface area (Å²) >= 11 is 1.56. The molecule has 1 aliphatic rings. The number of benzene rings is 1. The Hall–Kier alpha value is -4.23. The number of carbonyl (C=O) groups is 1. The van der Waals surface area contributed by atoms with E-state index in [1.165, 1.54) is 12.1 Å². The van der Waals surface area contributed by atoms with E-state index >= 15 is 0 Å². The zero-order valence-corrected chi connectivity index (χ0v) is 25.6. The Labute approximate surface area is 255 Å². The van der Waals surface area contributed by atoms with Gasteiger partial charge < -0.3 is 14.5 Å². The number of thiophene rings is 1. The van der Waals surface area contributed by atoms with Gasteiger partial charge in [0.2, 0.25) is 5.56 Å². The van der Waals surface area contributed by atoms with Gasteiger partial charge in [-0.15, -0.1) is 16.4 Å². The first-order valence-corrected chi connectivity index (χ1v) is 15.2. The van der Waals surface area contributed by atoms with Crippen LogP contribution >= 0.6 is 11.3 Å². The van der Waals surface area contributed by atoms with Crippen LogP contribution in [-0.2, 0) is 29.7 Å². The molecule has 0 radical (unpaired) electrons. The molecular formula is C31H32F2N6O4S. The standard InChI is InChI=1S/C31H32F2N6O4S/c1-5-42-27(41)12-21(22-13-34-30-28(17(22)2)36-37-38(30)4)19-10-18-8-9-44-29(18)20(11-19)14-39-15-23-24(6-7-26(40)35-23)43-25(16-39)31(3,32)33/h6-11,13,21,25H,5,12,14-16H2,1-4H3,(H,35,40)/t21-,25+/m1/s1. The molecule has 1 aliphatic heterocycles. The molecule has 5 aromatic rings. The number of nitrogens with one attached hydrogen (secondary N) is 1. The molecule has 10 nitrogen and oxygen atoms in total. The fraction of sp³-hybridized carbons (Fsp3) is 0.387. The van der Waals surface area contributed by atoms with Gasteiger partial charge in [-0.25, -0.2) is 18.4 Å². The molecule has 0 aliphatic carbocycles. The normalized spacial score (nSPS) is 16.5.